The first kappa shape index (κ1) is 24.6. The van der Waals surface area contributed by atoms with Crippen molar-refractivity contribution in [3.63, 3.8) is 0 Å². The molecule has 0 radical (unpaired) electrons. The largest absolute Gasteiger partial charge is 0.322 e. The number of H-pyrrole nitrogens is 1. The van der Waals surface area contributed by atoms with Crippen LogP contribution in [0.3, 0.4) is 0 Å². The Kier molecular flexibility index (Phi) is 7.51. The van der Waals surface area contributed by atoms with Gasteiger partial charge in [0.25, 0.3) is 5.56 Å². The Morgan fingerprint density at radius 1 is 1.18 bits per heavy atom. The van der Waals surface area contributed by atoms with E-state index in [0.717, 1.165) is 60.0 Å². The van der Waals surface area contributed by atoms with Gasteiger partial charge in [-0.2, -0.15) is 0 Å². The molecule has 0 saturated heterocycles. The van der Waals surface area contributed by atoms with Crippen molar-refractivity contribution >= 4 is 10.9 Å². The first-order chi connectivity index (χ1) is 16.3. The second kappa shape index (κ2) is 10.4. The molecule has 1 atom stereocenters. The molecule has 184 valence electrons. The Labute approximate surface area is 202 Å². The number of rotatable bonds is 9. The van der Waals surface area contributed by atoms with Gasteiger partial charge in [0.15, 0.2) is 5.82 Å². The van der Waals surface area contributed by atoms with E-state index in [9.17, 15) is 4.79 Å². The second-order valence-corrected chi connectivity index (χ2v) is 10.6. The molecule has 0 aliphatic heterocycles. The summed E-state index contributed by atoms with van der Waals surface area (Å²) < 4.78 is 2.02. The summed E-state index contributed by atoms with van der Waals surface area (Å²) in [6.45, 7) is 11.4. The zero-order chi connectivity index (χ0) is 24.3. The number of hydrogen-bond donors (Lipinski definition) is 1. The summed E-state index contributed by atoms with van der Waals surface area (Å²) in [6.07, 6.45) is 9.00. The van der Waals surface area contributed by atoms with Crippen molar-refractivity contribution in [3.05, 3.63) is 51.6 Å². The molecule has 1 aliphatic rings. The molecular weight excluding hydrogens is 424 g/mol. The third kappa shape index (κ3) is 5.09. The van der Waals surface area contributed by atoms with Crippen molar-refractivity contribution in [3.8, 4) is 0 Å². The maximum absolute atomic E-state index is 13.2. The van der Waals surface area contributed by atoms with E-state index in [-0.39, 0.29) is 17.1 Å². The van der Waals surface area contributed by atoms with Gasteiger partial charge in [0.05, 0.1) is 11.6 Å². The number of tetrazole rings is 1. The van der Waals surface area contributed by atoms with Gasteiger partial charge < -0.3 is 4.98 Å². The van der Waals surface area contributed by atoms with Gasteiger partial charge in [0.2, 0.25) is 0 Å². The molecule has 2 aromatic heterocycles. The zero-order valence-corrected chi connectivity index (χ0v) is 21.5. The lowest BCUT2D eigenvalue weighted by Gasteiger charge is -2.40. The van der Waals surface area contributed by atoms with Crippen LogP contribution in [0.15, 0.2) is 29.1 Å². The Bertz CT molecular complexity index is 1160. The maximum Gasteiger partial charge on any atom is 0.252 e. The van der Waals surface area contributed by atoms with Crippen LogP contribution in [-0.4, -0.2) is 36.1 Å². The lowest BCUT2D eigenvalue weighted by atomic mass is 9.91. The molecule has 7 heteroatoms. The minimum Gasteiger partial charge on any atom is -0.322 e. The average molecular weight is 465 g/mol. The molecule has 0 amide bonds. The van der Waals surface area contributed by atoms with E-state index in [1.54, 1.807) is 0 Å². The van der Waals surface area contributed by atoms with Gasteiger partial charge in [0.1, 0.15) is 0 Å². The molecule has 0 bridgehead atoms. The zero-order valence-electron chi connectivity index (χ0n) is 21.5. The Morgan fingerprint density at radius 2 is 1.94 bits per heavy atom. The van der Waals surface area contributed by atoms with Crippen LogP contribution in [0.4, 0.5) is 0 Å². The van der Waals surface area contributed by atoms with Crippen molar-refractivity contribution in [2.45, 2.75) is 110 Å². The highest BCUT2D eigenvalue weighted by Crippen LogP contribution is 2.35. The fraction of sp³-hybridized carbons (Fsp3) is 0.630. The molecule has 0 unspecified atom stereocenters. The lowest BCUT2D eigenvalue weighted by Crippen LogP contribution is -2.42. The van der Waals surface area contributed by atoms with Gasteiger partial charge in [-0.3, -0.25) is 9.69 Å². The fourth-order valence-electron chi connectivity index (χ4n) is 5.28. The topological polar surface area (TPSA) is 79.7 Å². The third-order valence-corrected chi connectivity index (χ3v) is 7.67. The smallest absolute Gasteiger partial charge is 0.252 e. The molecule has 1 saturated carbocycles. The molecule has 7 nitrogen and oxygen atoms in total. The SMILES string of the molecule is CCC[C@H](c1nnnn1C(C)(C)CC)N(Cc1cc2ccc(C)cc2[nH]c1=O)C1CCCCC1. The molecule has 1 aromatic carbocycles. The minimum atomic E-state index is -0.165. The monoisotopic (exact) mass is 464 g/mol. The molecule has 2 heterocycles. The van der Waals surface area contributed by atoms with Gasteiger partial charge in [-0.05, 0) is 80.0 Å². The van der Waals surface area contributed by atoms with Crippen LogP contribution in [-0.2, 0) is 12.1 Å². The summed E-state index contributed by atoms with van der Waals surface area (Å²) in [5.74, 6) is 0.923. The number of aromatic nitrogens is 5. The fourth-order valence-corrected chi connectivity index (χ4v) is 5.28. The summed E-state index contributed by atoms with van der Waals surface area (Å²) in [5.41, 5.74) is 2.70. The van der Waals surface area contributed by atoms with Crippen molar-refractivity contribution in [2.75, 3.05) is 0 Å². The van der Waals surface area contributed by atoms with Gasteiger partial charge in [-0.1, -0.05) is 51.7 Å². The van der Waals surface area contributed by atoms with E-state index in [1.807, 2.05) is 17.7 Å². The van der Waals surface area contributed by atoms with Gasteiger partial charge in [-0.15, -0.1) is 5.10 Å². The predicted octanol–water partition coefficient (Wildman–Crippen LogP) is 5.64. The quantitative estimate of drug-likeness (QED) is 0.443. The van der Waals surface area contributed by atoms with E-state index < -0.39 is 0 Å². The highest BCUT2D eigenvalue weighted by Gasteiger charge is 2.35. The Morgan fingerprint density at radius 3 is 2.65 bits per heavy atom. The highest BCUT2D eigenvalue weighted by molar-refractivity contribution is 5.79. The number of hydrogen-bond acceptors (Lipinski definition) is 5. The van der Waals surface area contributed by atoms with Gasteiger partial charge in [0, 0.05) is 23.7 Å². The molecule has 1 fully saturated rings. The minimum absolute atomic E-state index is 0.00244. The van der Waals surface area contributed by atoms with Crippen LogP contribution in [0, 0.1) is 6.92 Å². The van der Waals surface area contributed by atoms with E-state index >= 15 is 0 Å². The number of nitrogens with zero attached hydrogens (tertiary/aromatic N) is 5. The van der Waals surface area contributed by atoms with Crippen LogP contribution in [0.25, 0.3) is 10.9 Å². The molecule has 1 aliphatic carbocycles. The van der Waals surface area contributed by atoms with Gasteiger partial charge >= 0.3 is 0 Å². The molecule has 1 N–H and O–H groups in total. The average Bonchev–Trinajstić information content (AvgIpc) is 3.33. The maximum atomic E-state index is 13.2. The van der Waals surface area contributed by atoms with E-state index in [0.29, 0.717) is 12.6 Å². The van der Waals surface area contributed by atoms with Crippen LogP contribution in [0.1, 0.15) is 102 Å². The predicted molar refractivity (Wildman–Crippen MR) is 137 cm³/mol. The normalized spacial score (nSPS) is 16.4. The third-order valence-electron chi connectivity index (χ3n) is 7.67. The van der Waals surface area contributed by atoms with Gasteiger partial charge in [-0.25, -0.2) is 4.68 Å². The van der Waals surface area contributed by atoms with Crippen molar-refractivity contribution < 1.29 is 0 Å². The first-order valence-corrected chi connectivity index (χ1v) is 13.0. The number of aryl methyl sites for hydroxylation is 1. The summed E-state index contributed by atoms with van der Waals surface area (Å²) in [6, 6.07) is 8.81. The number of fused-ring (bicyclic) bond motifs is 1. The second-order valence-electron chi connectivity index (χ2n) is 10.6. The van der Waals surface area contributed by atoms with E-state index in [2.05, 4.69) is 71.3 Å². The van der Waals surface area contributed by atoms with Crippen LogP contribution in [0.5, 0.6) is 0 Å². The Balaban J connectivity index is 1.77. The molecule has 0 spiro atoms. The van der Waals surface area contributed by atoms with Crippen LogP contribution in [0.2, 0.25) is 0 Å². The number of pyridine rings is 1. The Hall–Kier alpha value is -2.54. The number of aromatic amines is 1. The summed E-state index contributed by atoms with van der Waals surface area (Å²) >= 11 is 0. The molecular formula is C27H40N6O. The number of benzene rings is 1. The first-order valence-electron chi connectivity index (χ1n) is 13.0. The molecule has 4 rings (SSSR count). The van der Waals surface area contributed by atoms with Crippen molar-refractivity contribution in [1.82, 2.24) is 30.1 Å². The molecule has 3 aromatic rings. The standard InChI is InChI=1S/C27H40N6O/c1-6-11-24(25-29-30-31-33(25)27(4,5)7-2)32(22-12-9-8-10-13-22)18-21-17-20-15-14-19(3)16-23(20)28-26(21)34/h14-17,22,24H,6-13,18H2,1-5H3,(H,28,34)/t24-/m1/s1. The number of nitrogens with one attached hydrogen (secondary N) is 1. The summed E-state index contributed by atoms with van der Waals surface area (Å²) in [4.78, 5) is 18.8. The summed E-state index contributed by atoms with van der Waals surface area (Å²) in [7, 11) is 0. The van der Waals surface area contributed by atoms with Crippen molar-refractivity contribution in [1.29, 1.82) is 0 Å². The van der Waals surface area contributed by atoms with E-state index in [4.69, 9.17) is 0 Å². The lowest BCUT2D eigenvalue weighted by molar-refractivity contribution is 0.0770. The van der Waals surface area contributed by atoms with Crippen molar-refractivity contribution in [2.24, 2.45) is 0 Å². The van der Waals surface area contributed by atoms with E-state index in [1.165, 1.54) is 19.3 Å². The van der Waals surface area contributed by atoms with Crippen LogP contribution < -0.4 is 5.56 Å². The highest BCUT2D eigenvalue weighted by atomic mass is 16.1. The molecule has 34 heavy (non-hydrogen) atoms. The summed E-state index contributed by atoms with van der Waals surface area (Å²) in [5, 5.41) is 14.2. The van der Waals surface area contributed by atoms with Crippen LogP contribution >= 0.6 is 0 Å².